The Hall–Kier alpha value is -1.38. The lowest BCUT2D eigenvalue weighted by atomic mass is 10.2. The SMILES string of the molecule is Cc1csc(Sc2cccc(F)c2C#N)n1. The van der Waals surface area contributed by atoms with Crippen molar-refractivity contribution in [3.63, 3.8) is 0 Å². The molecule has 2 rings (SSSR count). The van der Waals surface area contributed by atoms with Gasteiger partial charge >= 0.3 is 0 Å². The van der Waals surface area contributed by atoms with Crippen LogP contribution in [-0.2, 0) is 0 Å². The molecule has 16 heavy (non-hydrogen) atoms. The number of aryl methyl sites for hydroxylation is 1. The van der Waals surface area contributed by atoms with E-state index in [1.54, 1.807) is 12.1 Å². The summed E-state index contributed by atoms with van der Waals surface area (Å²) in [7, 11) is 0. The van der Waals surface area contributed by atoms with Gasteiger partial charge in [0.2, 0.25) is 0 Å². The summed E-state index contributed by atoms with van der Waals surface area (Å²) in [4.78, 5) is 4.87. The second-order valence-corrected chi connectivity index (χ2v) is 5.23. The Morgan fingerprint density at radius 1 is 1.50 bits per heavy atom. The van der Waals surface area contributed by atoms with Gasteiger partial charge in [-0.15, -0.1) is 11.3 Å². The van der Waals surface area contributed by atoms with Crippen molar-refractivity contribution < 1.29 is 4.39 Å². The molecule has 0 spiro atoms. The third-order valence-electron chi connectivity index (χ3n) is 1.88. The maximum absolute atomic E-state index is 13.3. The highest BCUT2D eigenvalue weighted by Crippen LogP contribution is 2.33. The lowest BCUT2D eigenvalue weighted by molar-refractivity contribution is 0.620. The number of nitrogens with zero attached hydrogens (tertiary/aromatic N) is 2. The smallest absolute Gasteiger partial charge is 0.154 e. The second kappa shape index (κ2) is 4.64. The molecule has 0 N–H and O–H groups in total. The molecule has 1 aromatic carbocycles. The van der Waals surface area contributed by atoms with E-state index in [0.717, 1.165) is 10.0 Å². The van der Waals surface area contributed by atoms with Crippen LogP contribution in [0.5, 0.6) is 0 Å². The summed E-state index contributed by atoms with van der Waals surface area (Å²) in [6.07, 6.45) is 0. The van der Waals surface area contributed by atoms with Crippen molar-refractivity contribution in [2.24, 2.45) is 0 Å². The summed E-state index contributed by atoms with van der Waals surface area (Å²) in [5.41, 5.74) is 1.02. The molecule has 1 heterocycles. The number of nitriles is 1. The van der Waals surface area contributed by atoms with Gasteiger partial charge in [-0.3, -0.25) is 0 Å². The summed E-state index contributed by atoms with van der Waals surface area (Å²) in [6.45, 7) is 1.90. The summed E-state index contributed by atoms with van der Waals surface area (Å²) in [6, 6.07) is 6.48. The monoisotopic (exact) mass is 250 g/mol. The Kier molecular flexibility index (Phi) is 3.22. The van der Waals surface area contributed by atoms with Crippen molar-refractivity contribution in [1.29, 1.82) is 5.26 Å². The molecule has 0 saturated carbocycles. The van der Waals surface area contributed by atoms with Crippen LogP contribution in [-0.4, -0.2) is 4.98 Å². The highest BCUT2D eigenvalue weighted by molar-refractivity contribution is 8.01. The van der Waals surface area contributed by atoms with Gasteiger partial charge in [-0.05, 0) is 19.1 Å². The quantitative estimate of drug-likeness (QED) is 0.817. The molecule has 0 aliphatic heterocycles. The zero-order chi connectivity index (χ0) is 11.5. The Balaban J connectivity index is 2.35. The second-order valence-electron chi connectivity index (χ2n) is 3.08. The minimum atomic E-state index is -0.485. The fraction of sp³-hybridized carbons (Fsp3) is 0.0909. The van der Waals surface area contributed by atoms with Gasteiger partial charge in [-0.25, -0.2) is 9.37 Å². The van der Waals surface area contributed by atoms with Crippen LogP contribution in [0.4, 0.5) is 4.39 Å². The summed E-state index contributed by atoms with van der Waals surface area (Å²) in [5.74, 6) is -0.485. The third-order valence-corrected chi connectivity index (χ3v) is 4.00. The van der Waals surface area contributed by atoms with Crippen molar-refractivity contribution in [3.8, 4) is 6.07 Å². The summed E-state index contributed by atoms with van der Waals surface area (Å²) >= 11 is 2.81. The molecule has 0 aliphatic carbocycles. The highest BCUT2D eigenvalue weighted by atomic mass is 32.2. The van der Waals surface area contributed by atoms with Crippen LogP contribution in [0.25, 0.3) is 0 Å². The fourth-order valence-electron chi connectivity index (χ4n) is 1.17. The van der Waals surface area contributed by atoms with E-state index in [4.69, 9.17) is 5.26 Å². The standard InChI is InChI=1S/C11H7FN2S2/c1-7-6-15-11(14-7)16-10-4-2-3-9(12)8(10)5-13/h2-4,6H,1H3. The van der Waals surface area contributed by atoms with Crippen molar-refractivity contribution in [1.82, 2.24) is 4.98 Å². The summed E-state index contributed by atoms with van der Waals surface area (Å²) < 4.78 is 14.1. The zero-order valence-electron chi connectivity index (χ0n) is 8.40. The Bertz CT molecular complexity index is 557. The van der Waals surface area contributed by atoms with E-state index in [1.807, 2.05) is 18.4 Å². The van der Waals surface area contributed by atoms with Gasteiger partial charge in [0.1, 0.15) is 17.4 Å². The van der Waals surface area contributed by atoms with Crippen LogP contribution in [0.1, 0.15) is 11.3 Å². The van der Waals surface area contributed by atoms with Crippen LogP contribution in [0.2, 0.25) is 0 Å². The number of benzene rings is 1. The van der Waals surface area contributed by atoms with Crippen molar-refractivity contribution >= 4 is 23.1 Å². The van der Waals surface area contributed by atoms with E-state index in [9.17, 15) is 4.39 Å². The normalized spacial score (nSPS) is 10.1. The van der Waals surface area contributed by atoms with Crippen molar-refractivity contribution in [2.45, 2.75) is 16.2 Å². The fourth-order valence-corrected chi connectivity index (χ4v) is 3.07. The third kappa shape index (κ3) is 2.23. The maximum Gasteiger partial charge on any atom is 0.154 e. The lowest BCUT2D eigenvalue weighted by Crippen LogP contribution is -1.86. The van der Waals surface area contributed by atoms with Gasteiger partial charge in [0, 0.05) is 16.0 Å². The number of halogens is 1. The van der Waals surface area contributed by atoms with Crippen LogP contribution >= 0.6 is 23.1 Å². The Labute approximate surface area is 101 Å². The zero-order valence-corrected chi connectivity index (χ0v) is 10.0. The molecule has 0 saturated heterocycles. The molecule has 2 aromatic rings. The van der Waals surface area contributed by atoms with E-state index in [-0.39, 0.29) is 5.56 Å². The first-order valence-electron chi connectivity index (χ1n) is 4.49. The molecule has 0 bridgehead atoms. The average Bonchev–Trinajstić information content (AvgIpc) is 2.64. The number of rotatable bonds is 2. The van der Waals surface area contributed by atoms with Gasteiger partial charge in [0.25, 0.3) is 0 Å². The van der Waals surface area contributed by atoms with Crippen LogP contribution in [0.15, 0.2) is 32.8 Å². The first-order valence-corrected chi connectivity index (χ1v) is 6.19. The number of hydrogen-bond donors (Lipinski definition) is 0. The van der Waals surface area contributed by atoms with Gasteiger partial charge in [-0.1, -0.05) is 17.8 Å². The lowest BCUT2D eigenvalue weighted by Gasteiger charge is -2.01. The minimum Gasteiger partial charge on any atom is -0.235 e. The predicted octanol–water partition coefficient (Wildman–Crippen LogP) is 3.61. The van der Waals surface area contributed by atoms with Crippen LogP contribution < -0.4 is 0 Å². The van der Waals surface area contributed by atoms with E-state index in [2.05, 4.69) is 4.98 Å². The predicted molar refractivity (Wildman–Crippen MR) is 62.1 cm³/mol. The van der Waals surface area contributed by atoms with E-state index in [0.29, 0.717) is 4.90 Å². The molecule has 0 amide bonds. The Morgan fingerprint density at radius 3 is 2.94 bits per heavy atom. The molecular formula is C11H7FN2S2. The molecule has 0 unspecified atom stereocenters. The molecule has 5 heteroatoms. The van der Waals surface area contributed by atoms with Gasteiger partial charge in [0.15, 0.2) is 4.34 Å². The number of aromatic nitrogens is 1. The first kappa shape index (κ1) is 11.1. The highest BCUT2D eigenvalue weighted by Gasteiger charge is 2.10. The maximum atomic E-state index is 13.3. The van der Waals surface area contributed by atoms with Crippen molar-refractivity contribution in [3.05, 3.63) is 40.7 Å². The van der Waals surface area contributed by atoms with Crippen LogP contribution in [0, 0.1) is 24.1 Å². The molecular weight excluding hydrogens is 243 g/mol. The van der Waals surface area contributed by atoms with Gasteiger partial charge in [0.05, 0.1) is 0 Å². The average molecular weight is 250 g/mol. The van der Waals surface area contributed by atoms with Crippen LogP contribution in [0.3, 0.4) is 0 Å². The first-order chi connectivity index (χ1) is 7.70. The van der Waals surface area contributed by atoms with E-state index in [1.165, 1.54) is 29.2 Å². The molecule has 0 atom stereocenters. The molecule has 1 aromatic heterocycles. The molecule has 80 valence electrons. The molecule has 0 aliphatic rings. The number of thiazole rings is 1. The summed E-state index contributed by atoms with van der Waals surface area (Å²) in [5, 5.41) is 10.8. The minimum absolute atomic E-state index is 0.0837. The van der Waals surface area contributed by atoms with E-state index < -0.39 is 5.82 Å². The Morgan fingerprint density at radius 2 is 2.31 bits per heavy atom. The topological polar surface area (TPSA) is 36.7 Å². The molecule has 0 radical (unpaired) electrons. The van der Waals surface area contributed by atoms with Gasteiger partial charge in [-0.2, -0.15) is 5.26 Å². The van der Waals surface area contributed by atoms with Gasteiger partial charge < -0.3 is 0 Å². The van der Waals surface area contributed by atoms with Crippen molar-refractivity contribution in [2.75, 3.05) is 0 Å². The number of hydrogen-bond acceptors (Lipinski definition) is 4. The molecule has 2 nitrogen and oxygen atoms in total. The molecule has 0 fully saturated rings. The van der Waals surface area contributed by atoms with E-state index >= 15 is 0 Å². The largest absolute Gasteiger partial charge is 0.235 e.